The van der Waals surface area contributed by atoms with E-state index in [0.717, 1.165) is 18.8 Å². The summed E-state index contributed by atoms with van der Waals surface area (Å²) in [5.41, 5.74) is 0. The van der Waals surface area contributed by atoms with Gasteiger partial charge in [0.1, 0.15) is 0 Å². The maximum Gasteiger partial charge on any atom is 0.308 e. The monoisotopic (exact) mass is 209 g/mol. The minimum atomic E-state index is -0.569. The molecule has 2 bridgehead atoms. The zero-order valence-corrected chi connectivity index (χ0v) is 9.06. The molecular formula is C12H19NO2. The Bertz CT molecular complexity index is 275. The number of carboxylic acids is 1. The standard InChI is InChI=1S/C12H19NO2/c14-12(15)10-6-9-4-5-11(10)13(9)7-8-2-1-3-8/h8-11H,1-7H2,(H,14,15). The van der Waals surface area contributed by atoms with E-state index in [1.807, 2.05) is 0 Å². The Hall–Kier alpha value is -0.570. The van der Waals surface area contributed by atoms with Crippen LogP contribution in [-0.4, -0.2) is 34.6 Å². The second-order valence-corrected chi connectivity index (χ2v) is 5.47. The fourth-order valence-electron chi connectivity index (χ4n) is 3.62. The van der Waals surface area contributed by atoms with Crippen molar-refractivity contribution in [2.24, 2.45) is 11.8 Å². The molecule has 3 aliphatic rings. The summed E-state index contributed by atoms with van der Waals surface area (Å²) in [5, 5.41) is 9.13. The van der Waals surface area contributed by atoms with Crippen molar-refractivity contribution in [2.75, 3.05) is 6.54 Å². The van der Waals surface area contributed by atoms with Crippen molar-refractivity contribution in [1.82, 2.24) is 4.90 Å². The van der Waals surface area contributed by atoms with Crippen molar-refractivity contribution in [1.29, 1.82) is 0 Å². The van der Waals surface area contributed by atoms with Gasteiger partial charge in [0, 0.05) is 18.6 Å². The van der Waals surface area contributed by atoms with Crippen LogP contribution in [0.1, 0.15) is 38.5 Å². The largest absolute Gasteiger partial charge is 0.481 e. The van der Waals surface area contributed by atoms with Gasteiger partial charge < -0.3 is 5.11 Å². The molecule has 0 aromatic rings. The summed E-state index contributed by atoms with van der Waals surface area (Å²) in [6, 6.07) is 0.963. The summed E-state index contributed by atoms with van der Waals surface area (Å²) < 4.78 is 0. The Kier molecular flexibility index (Phi) is 2.23. The Morgan fingerprint density at radius 3 is 2.60 bits per heavy atom. The minimum Gasteiger partial charge on any atom is -0.481 e. The van der Waals surface area contributed by atoms with Crippen molar-refractivity contribution in [3.05, 3.63) is 0 Å². The number of fused-ring (bicyclic) bond motifs is 2. The van der Waals surface area contributed by atoms with Crippen LogP contribution in [0.4, 0.5) is 0 Å². The van der Waals surface area contributed by atoms with Crippen LogP contribution in [0.3, 0.4) is 0 Å². The number of aliphatic carboxylic acids is 1. The summed E-state index contributed by atoms with van der Waals surface area (Å²) in [7, 11) is 0. The van der Waals surface area contributed by atoms with Gasteiger partial charge in [0.05, 0.1) is 5.92 Å². The van der Waals surface area contributed by atoms with E-state index in [0.29, 0.717) is 12.1 Å². The van der Waals surface area contributed by atoms with Gasteiger partial charge in [0.25, 0.3) is 0 Å². The number of carbonyl (C=O) groups is 1. The Morgan fingerprint density at radius 1 is 1.27 bits per heavy atom. The summed E-state index contributed by atoms with van der Waals surface area (Å²) in [5.74, 6) is 0.241. The van der Waals surface area contributed by atoms with Crippen LogP contribution >= 0.6 is 0 Å². The Labute approximate surface area is 90.5 Å². The summed E-state index contributed by atoms with van der Waals surface area (Å²) in [6.45, 7) is 1.18. The van der Waals surface area contributed by atoms with Gasteiger partial charge in [0.2, 0.25) is 0 Å². The van der Waals surface area contributed by atoms with Crippen LogP contribution in [0, 0.1) is 11.8 Å². The molecule has 15 heavy (non-hydrogen) atoms. The van der Waals surface area contributed by atoms with Gasteiger partial charge in [-0.3, -0.25) is 9.69 Å². The second-order valence-electron chi connectivity index (χ2n) is 5.47. The summed E-state index contributed by atoms with van der Waals surface area (Å²) >= 11 is 0. The SMILES string of the molecule is O=C(O)C1CC2CCC1N2CC1CCC1. The number of hydrogen-bond acceptors (Lipinski definition) is 2. The minimum absolute atomic E-state index is 0.0659. The molecule has 0 radical (unpaired) electrons. The predicted molar refractivity (Wildman–Crippen MR) is 56.6 cm³/mol. The van der Waals surface area contributed by atoms with Gasteiger partial charge >= 0.3 is 5.97 Å². The maximum absolute atomic E-state index is 11.1. The van der Waals surface area contributed by atoms with E-state index in [1.54, 1.807) is 0 Å². The van der Waals surface area contributed by atoms with Crippen molar-refractivity contribution in [3.8, 4) is 0 Å². The van der Waals surface area contributed by atoms with E-state index in [4.69, 9.17) is 5.11 Å². The molecular weight excluding hydrogens is 190 g/mol. The third-order valence-electron chi connectivity index (χ3n) is 4.69. The van der Waals surface area contributed by atoms with E-state index in [2.05, 4.69) is 4.90 Å². The van der Waals surface area contributed by atoms with Crippen molar-refractivity contribution < 1.29 is 9.90 Å². The molecule has 0 amide bonds. The van der Waals surface area contributed by atoms with Gasteiger partial charge in [-0.1, -0.05) is 6.42 Å². The lowest BCUT2D eigenvalue weighted by molar-refractivity contribution is -0.142. The Balaban J connectivity index is 1.66. The zero-order chi connectivity index (χ0) is 10.4. The molecule has 2 aliphatic heterocycles. The lowest BCUT2D eigenvalue weighted by Gasteiger charge is -2.32. The highest BCUT2D eigenvalue weighted by Crippen LogP contribution is 2.43. The molecule has 1 N–H and O–H groups in total. The normalized spacial score (nSPS) is 40.7. The molecule has 2 saturated heterocycles. The van der Waals surface area contributed by atoms with Gasteiger partial charge in [-0.05, 0) is 38.0 Å². The number of rotatable bonds is 3. The summed E-state index contributed by atoms with van der Waals surface area (Å²) in [4.78, 5) is 13.6. The second kappa shape index (κ2) is 3.48. The fourth-order valence-corrected chi connectivity index (χ4v) is 3.62. The molecule has 84 valence electrons. The highest BCUT2D eigenvalue weighted by atomic mass is 16.4. The van der Waals surface area contributed by atoms with Gasteiger partial charge in [0.15, 0.2) is 0 Å². The zero-order valence-electron chi connectivity index (χ0n) is 9.06. The van der Waals surface area contributed by atoms with Crippen LogP contribution < -0.4 is 0 Å². The molecule has 3 rings (SSSR count). The average molecular weight is 209 g/mol. The van der Waals surface area contributed by atoms with Crippen molar-refractivity contribution in [2.45, 2.75) is 50.6 Å². The first-order valence-electron chi connectivity index (χ1n) is 6.24. The molecule has 3 heteroatoms. The van der Waals surface area contributed by atoms with Crippen LogP contribution in [0.25, 0.3) is 0 Å². The highest BCUT2D eigenvalue weighted by molar-refractivity contribution is 5.71. The van der Waals surface area contributed by atoms with E-state index >= 15 is 0 Å². The molecule has 3 nitrogen and oxygen atoms in total. The average Bonchev–Trinajstić information content (AvgIpc) is 2.67. The van der Waals surface area contributed by atoms with Gasteiger partial charge in [-0.2, -0.15) is 0 Å². The third kappa shape index (κ3) is 1.48. The van der Waals surface area contributed by atoms with E-state index < -0.39 is 5.97 Å². The van der Waals surface area contributed by atoms with Gasteiger partial charge in [-0.15, -0.1) is 0 Å². The topological polar surface area (TPSA) is 40.5 Å². The van der Waals surface area contributed by atoms with Crippen LogP contribution in [0.15, 0.2) is 0 Å². The molecule has 2 heterocycles. The van der Waals surface area contributed by atoms with E-state index in [1.165, 1.54) is 32.2 Å². The van der Waals surface area contributed by atoms with Crippen LogP contribution in [0.5, 0.6) is 0 Å². The molecule has 0 aromatic carbocycles. The molecule has 3 fully saturated rings. The molecule has 0 spiro atoms. The summed E-state index contributed by atoms with van der Waals surface area (Å²) in [6.07, 6.45) is 7.39. The lowest BCUT2D eigenvalue weighted by atomic mass is 9.85. The molecule has 0 aromatic heterocycles. The lowest BCUT2D eigenvalue weighted by Crippen LogP contribution is -2.38. The maximum atomic E-state index is 11.1. The number of nitrogens with zero attached hydrogens (tertiary/aromatic N) is 1. The van der Waals surface area contributed by atoms with Crippen molar-refractivity contribution in [3.63, 3.8) is 0 Å². The van der Waals surface area contributed by atoms with Crippen LogP contribution in [-0.2, 0) is 4.79 Å². The first-order valence-corrected chi connectivity index (χ1v) is 6.24. The third-order valence-corrected chi connectivity index (χ3v) is 4.69. The first-order chi connectivity index (χ1) is 7.25. The van der Waals surface area contributed by atoms with E-state index in [-0.39, 0.29) is 5.92 Å². The van der Waals surface area contributed by atoms with Crippen LogP contribution in [0.2, 0.25) is 0 Å². The van der Waals surface area contributed by atoms with Gasteiger partial charge in [-0.25, -0.2) is 0 Å². The fraction of sp³-hybridized carbons (Fsp3) is 0.917. The van der Waals surface area contributed by atoms with E-state index in [9.17, 15) is 4.79 Å². The van der Waals surface area contributed by atoms with Crippen molar-refractivity contribution >= 4 is 5.97 Å². The quantitative estimate of drug-likeness (QED) is 0.769. The molecule has 1 saturated carbocycles. The predicted octanol–water partition coefficient (Wildman–Crippen LogP) is 1.72. The highest BCUT2D eigenvalue weighted by Gasteiger charge is 2.49. The molecule has 1 aliphatic carbocycles. The molecule has 3 unspecified atom stereocenters. The first kappa shape index (κ1) is 9.64. The Morgan fingerprint density at radius 2 is 2.07 bits per heavy atom. The number of hydrogen-bond donors (Lipinski definition) is 1. The number of carboxylic acid groups (broad SMARTS) is 1. The smallest absolute Gasteiger partial charge is 0.308 e. The molecule has 3 atom stereocenters.